The van der Waals surface area contributed by atoms with Crippen molar-refractivity contribution in [2.45, 2.75) is 12.3 Å². The van der Waals surface area contributed by atoms with Crippen molar-refractivity contribution in [1.82, 2.24) is 4.90 Å². The van der Waals surface area contributed by atoms with E-state index in [1.54, 1.807) is 14.2 Å². The molecular weight excluding hydrogens is 282 g/mol. The molecule has 1 aromatic carbocycles. The topological polar surface area (TPSA) is 21.7 Å². The predicted octanol–water partition coefficient (Wildman–Crippen LogP) is 3.39. The van der Waals surface area contributed by atoms with Crippen molar-refractivity contribution >= 4 is 11.3 Å². The summed E-state index contributed by atoms with van der Waals surface area (Å²) in [6, 6.07) is 8.67. The fraction of sp³-hybridized carbons (Fsp3) is 0.412. The molecule has 0 amide bonds. The summed E-state index contributed by atoms with van der Waals surface area (Å²) < 4.78 is 11.0. The van der Waals surface area contributed by atoms with E-state index in [0.29, 0.717) is 5.92 Å². The van der Waals surface area contributed by atoms with Crippen molar-refractivity contribution < 1.29 is 9.47 Å². The molecule has 2 aromatic rings. The number of benzene rings is 1. The molecule has 0 fully saturated rings. The van der Waals surface area contributed by atoms with Crippen LogP contribution in [0, 0.1) is 0 Å². The second-order valence-electron chi connectivity index (χ2n) is 5.49. The molecule has 3 rings (SSSR count). The van der Waals surface area contributed by atoms with E-state index >= 15 is 0 Å². The van der Waals surface area contributed by atoms with Crippen LogP contribution in [0.1, 0.15) is 21.9 Å². The van der Waals surface area contributed by atoms with Gasteiger partial charge in [-0.05, 0) is 48.2 Å². The molecule has 1 unspecified atom stereocenters. The number of methoxy groups -OCH3 is 2. The molecule has 112 valence electrons. The van der Waals surface area contributed by atoms with Gasteiger partial charge in [0, 0.05) is 23.9 Å². The SMILES string of the molecule is COc1cc2c(cc1OC)C(c1cccs1)CN(C)CC2. The second kappa shape index (κ2) is 6.08. The summed E-state index contributed by atoms with van der Waals surface area (Å²) in [6.45, 7) is 2.12. The van der Waals surface area contributed by atoms with Gasteiger partial charge < -0.3 is 14.4 Å². The summed E-state index contributed by atoms with van der Waals surface area (Å²) in [5.41, 5.74) is 2.75. The Labute approximate surface area is 130 Å². The maximum Gasteiger partial charge on any atom is 0.161 e. The summed E-state index contributed by atoms with van der Waals surface area (Å²) in [6.07, 6.45) is 1.05. The quantitative estimate of drug-likeness (QED) is 0.867. The summed E-state index contributed by atoms with van der Waals surface area (Å²) in [4.78, 5) is 3.82. The zero-order chi connectivity index (χ0) is 14.8. The van der Waals surface area contributed by atoms with Crippen molar-refractivity contribution in [3.05, 3.63) is 45.6 Å². The Hall–Kier alpha value is -1.52. The monoisotopic (exact) mass is 303 g/mol. The van der Waals surface area contributed by atoms with Crippen LogP contribution < -0.4 is 9.47 Å². The van der Waals surface area contributed by atoms with Crippen LogP contribution in [0.15, 0.2) is 29.6 Å². The van der Waals surface area contributed by atoms with E-state index in [2.05, 4.69) is 41.6 Å². The summed E-state index contributed by atoms with van der Waals surface area (Å²) >= 11 is 1.83. The molecule has 0 radical (unpaired) electrons. The largest absolute Gasteiger partial charge is 0.493 e. The lowest BCUT2D eigenvalue weighted by molar-refractivity contribution is 0.339. The van der Waals surface area contributed by atoms with E-state index in [-0.39, 0.29) is 0 Å². The average Bonchev–Trinajstić information content (AvgIpc) is 2.98. The molecule has 21 heavy (non-hydrogen) atoms. The van der Waals surface area contributed by atoms with Crippen LogP contribution >= 0.6 is 11.3 Å². The molecular formula is C17H21NO2S. The van der Waals surface area contributed by atoms with Gasteiger partial charge in [-0.1, -0.05) is 6.07 Å². The van der Waals surface area contributed by atoms with Gasteiger partial charge in [0.1, 0.15) is 0 Å². The highest BCUT2D eigenvalue weighted by atomic mass is 32.1. The van der Waals surface area contributed by atoms with Crippen LogP contribution in [0.2, 0.25) is 0 Å². The highest BCUT2D eigenvalue weighted by molar-refractivity contribution is 7.10. The highest BCUT2D eigenvalue weighted by Gasteiger charge is 2.25. The maximum atomic E-state index is 5.50. The summed E-state index contributed by atoms with van der Waals surface area (Å²) in [5.74, 6) is 2.06. The van der Waals surface area contributed by atoms with Crippen molar-refractivity contribution in [1.29, 1.82) is 0 Å². The molecule has 0 saturated carbocycles. The number of likely N-dealkylation sites (N-methyl/N-ethyl adjacent to an activating group) is 1. The van der Waals surface area contributed by atoms with Crippen LogP contribution in [0.3, 0.4) is 0 Å². The Morgan fingerprint density at radius 2 is 1.95 bits per heavy atom. The minimum atomic E-state index is 0.410. The van der Waals surface area contributed by atoms with Crippen molar-refractivity contribution in [3.63, 3.8) is 0 Å². The molecule has 4 heteroatoms. The van der Waals surface area contributed by atoms with Crippen molar-refractivity contribution in [2.24, 2.45) is 0 Å². The molecule has 1 aromatic heterocycles. The average molecular weight is 303 g/mol. The van der Waals surface area contributed by atoms with Crippen LogP contribution in [-0.4, -0.2) is 39.3 Å². The lowest BCUT2D eigenvalue weighted by Gasteiger charge is -2.21. The fourth-order valence-electron chi connectivity index (χ4n) is 3.02. The van der Waals surface area contributed by atoms with Gasteiger partial charge in [-0.2, -0.15) is 0 Å². The number of hydrogen-bond donors (Lipinski definition) is 0. The van der Waals surface area contributed by atoms with Gasteiger partial charge in [0.15, 0.2) is 11.5 Å². The number of thiophene rings is 1. The third-order valence-corrected chi connectivity index (χ3v) is 5.15. The van der Waals surface area contributed by atoms with Gasteiger partial charge in [0.25, 0.3) is 0 Å². The van der Waals surface area contributed by atoms with E-state index in [1.165, 1.54) is 16.0 Å². The Morgan fingerprint density at radius 3 is 2.62 bits per heavy atom. The van der Waals surface area contributed by atoms with Crippen molar-refractivity contribution in [2.75, 3.05) is 34.4 Å². The van der Waals surface area contributed by atoms with E-state index in [1.807, 2.05) is 11.3 Å². The van der Waals surface area contributed by atoms with Crippen LogP contribution in [-0.2, 0) is 6.42 Å². The molecule has 0 spiro atoms. The van der Waals surface area contributed by atoms with E-state index < -0.39 is 0 Å². The Kier molecular flexibility index (Phi) is 4.17. The van der Waals surface area contributed by atoms with E-state index in [0.717, 1.165) is 31.0 Å². The van der Waals surface area contributed by atoms with Gasteiger partial charge in [-0.3, -0.25) is 0 Å². The third kappa shape index (κ3) is 2.78. The first kappa shape index (κ1) is 14.4. The first-order valence-corrected chi connectivity index (χ1v) is 8.07. The lowest BCUT2D eigenvalue weighted by atomic mass is 9.92. The molecule has 0 bridgehead atoms. The normalized spacial score (nSPS) is 18.9. The molecule has 0 N–H and O–H groups in total. The van der Waals surface area contributed by atoms with Gasteiger partial charge in [0.2, 0.25) is 0 Å². The zero-order valence-corrected chi connectivity index (χ0v) is 13.6. The third-order valence-electron chi connectivity index (χ3n) is 4.16. The second-order valence-corrected chi connectivity index (χ2v) is 6.47. The number of fused-ring (bicyclic) bond motifs is 1. The standard InChI is InChI=1S/C17H21NO2S/c1-18-7-6-12-9-15(19-2)16(20-3)10-13(12)14(11-18)17-5-4-8-21-17/h4-5,8-10,14H,6-7,11H2,1-3H3. The zero-order valence-electron chi connectivity index (χ0n) is 12.8. The molecule has 0 aliphatic carbocycles. The van der Waals surface area contributed by atoms with Crippen LogP contribution in [0.5, 0.6) is 11.5 Å². The Balaban J connectivity index is 2.11. The Bertz CT molecular complexity index is 610. The molecule has 1 aliphatic heterocycles. The minimum absolute atomic E-state index is 0.410. The van der Waals surface area contributed by atoms with Crippen molar-refractivity contribution in [3.8, 4) is 11.5 Å². The lowest BCUT2D eigenvalue weighted by Crippen LogP contribution is -2.23. The fourth-order valence-corrected chi connectivity index (χ4v) is 3.86. The van der Waals surface area contributed by atoms with Gasteiger partial charge in [-0.25, -0.2) is 0 Å². The number of nitrogens with zero attached hydrogens (tertiary/aromatic N) is 1. The molecule has 1 atom stereocenters. The molecule has 1 aliphatic rings. The number of ether oxygens (including phenoxy) is 2. The Morgan fingerprint density at radius 1 is 1.19 bits per heavy atom. The molecule has 0 saturated heterocycles. The molecule has 3 nitrogen and oxygen atoms in total. The summed E-state index contributed by atoms with van der Waals surface area (Å²) in [7, 11) is 5.60. The summed E-state index contributed by atoms with van der Waals surface area (Å²) in [5, 5.41) is 2.15. The first-order chi connectivity index (χ1) is 10.2. The van der Waals surface area contributed by atoms with Gasteiger partial charge in [0.05, 0.1) is 14.2 Å². The predicted molar refractivity (Wildman–Crippen MR) is 86.9 cm³/mol. The number of rotatable bonds is 3. The first-order valence-electron chi connectivity index (χ1n) is 7.19. The minimum Gasteiger partial charge on any atom is -0.493 e. The van der Waals surface area contributed by atoms with Gasteiger partial charge in [-0.15, -0.1) is 11.3 Å². The highest BCUT2D eigenvalue weighted by Crippen LogP contribution is 2.39. The van der Waals surface area contributed by atoms with E-state index in [4.69, 9.17) is 9.47 Å². The van der Waals surface area contributed by atoms with Crippen LogP contribution in [0.4, 0.5) is 0 Å². The van der Waals surface area contributed by atoms with Crippen LogP contribution in [0.25, 0.3) is 0 Å². The van der Waals surface area contributed by atoms with Gasteiger partial charge >= 0.3 is 0 Å². The van der Waals surface area contributed by atoms with E-state index in [9.17, 15) is 0 Å². The smallest absolute Gasteiger partial charge is 0.161 e. The molecule has 2 heterocycles. The maximum absolute atomic E-state index is 5.50. The number of hydrogen-bond acceptors (Lipinski definition) is 4.